The Morgan fingerprint density at radius 1 is 1.33 bits per heavy atom. The molecule has 5 heteroatoms. The second-order valence-corrected chi connectivity index (χ2v) is 4.23. The minimum atomic E-state index is -0.127. The molecule has 1 N–H and O–H groups in total. The number of piperidine rings is 1. The number of hydrogen-bond donors (Lipinski definition) is 1. The minimum Gasteiger partial charge on any atom is -0.393 e. The van der Waals surface area contributed by atoms with Crippen molar-refractivity contribution in [2.24, 2.45) is 0 Å². The molecule has 15 heavy (non-hydrogen) atoms. The number of aliphatic hydroxyl groups excluding tert-OH is 1. The van der Waals surface area contributed by atoms with Gasteiger partial charge in [-0.3, -0.25) is 9.88 Å². The normalized spacial score (nSPS) is 19.3. The van der Waals surface area contributed by atoms with Crippen molar-refractivity contribution in [1.29, 1.82) is 0 Å². The van der Waals surface area contributed by atoms with Crippen LogP contribution in [0.15, 0.2) is 12.4 Å². The fourth-order valence-corrected chi connectivity index (χ4v) is 1.82. The van der Waals surface area contributed by atoms with Crippen LogP contribution in [-0.2, 0) is 6.54 Å². The summed E-state index contributed by atoms with van der Waals surface area (Å²) in [6.45, 7) is 2.63. The van der Waals surface area contributed by atoms with Gasteiger partial charge in [-0.15, -0.1) is 0 Å². The van der Waals surface area contributed by atoms with Crippen LogP contribution in [0, 0.1) is 0 Å². The van der Waals surface area contributed by atoms with E-state index in [9.17, 15) is 5.11 Å². The molecule has 0 atom stereocenters. The lowest BCUT2D eigenvalue weighted by atomic mass is 10.1. The second-order valence-electron chi connectivity index (χ2n) is 3.84. The summed E-state index contributed by atoms with van der Waals surface area (Å²) in [5, 5.41) is 9.78. The number of aliphatic hydroxyl groups is 1. The van der Waals surface area contributed by atoms with E-state index in [2.05, 4.69) is 14.9 Å². The van der Waals surface area contributed by atoms with Gasteiger partial charge in [-0.2, -0.15) is 0 Å². The van der Waals surface area contributed by atoms with Crippen molar-refractivity contribution in [2.45, 2.75) is 25.5 Å². The quantitative estimate of drug-likeness (QED) is 0.822. The average Bonchev–Trinajstić information content (AvgIpc) is 2.25. The molecule has 0 amide bonds. The minimum absolute atomic E-state index is 0.127. The average molecular weight is 228 g/mol. The molecule has 1 aromatic rings. The summed E-state index contributed by atoms with van der Waals surface area (Å²) in [5.41, 5.74) is 0.927. The van der Waals surface area contributed by atoms with E-state index in [0.29, 0.717) is 5.15 Å². The van der Waals surface area contributed by atoms with Crippen molar-refractivity contribution in [1.82, 2.24) is 14.9 Å². The van der Waals surface area contributed by atoms with E-state index in [1.807, 2.05) is 0 Å². The lowest BCUT2D eigenvalue weighted by molar-refractivity contribution is 0.0786. The molecule has 1 aromatic heterocycles. The highest BCUT2D eigenvalue weighted by Crippen LogP contribution is 2.12. The summed E-state index contributed by atoms with van der Waals surface area (Å²) >= 11 is 5.65. The molecule has 1 aliphatic heterocycles. The lowest BCUT2D eigenvalue weighted by Crippen LogP contribution is -2.35. The Balaban J connectivity index is 1.89. The lowest BCUT2D eigenvalue weighted by Gasteiger charge is -2.28. The predicted octanol–water partition coefficient (Wildman–Crippen LogP) is 1.09. The van der Waals surface area contributed by atoms with Crippen LogP contribution < -0.4 is 0 Å². The van der Waals surface area contributed by atoms with Gasteiger partial charge < -0.3 is 5.11 Å². The Kier molecular flexibility index (Phi) is 3.51. The van der Waals surface area contributed by atoms with Crippen molar-refractivity contribution in [2.75, 3.05) is 13.1 Å². The molecule has 0 spiro atoms. The molecule has 1 saturated heterocycles. The van der Waals surface area contributed by atoms with Gasteiger partial charge in [0.05, 0.1) is 24.2 Å². The third-order valence-corrected chi connectivity index (χ3v) is 2.81. The van der Waals surface area contributed by atoms with Crippen molar-refractivity contribution in [3.05, 3.63) is 23.2 Å². The zero-order valence-corrected chi connectivity index (χ0v) is 9.19. The first-order valence-corrected chi connectivity index (χ1v) is 5.48. The van der Waals surface area contributed by atoms with E-state index in [-0.39, 0.29) is 6.10 Å². The van der Waals surface area contributed by atoms with Crippen LogP contribution in [0.3, 0.4) is 0 Å². The number of nitrogens with zero attached hydrogens (tertiary/aromatic N) is 3. The smallest absolute Gasteiger partial charge is 0.147 e. The molecule has 1 aliphatic rings. The molecule has 0 bridgehead atoms. The van der Waals surface area contributed by atoms with E-state index in [0.717, 1.165) is 38.2 Å². The largest absolute Gasteiger partial charge is 0.393 e. The van der Waals surface area contributed by atoms with Crippen LogP contribution in [-0.4, -0.2) is 39.2 Å². The molecule has 0 aliphatic carbocycles. The third-order valence-electron chi connectivity index (χ3n) is 2.62. The van der Waals surface area contributed by atoms with Gasteiger partial charge in [0.15, 0.2) is 0 Å². The van der Waals surface area contributed by atoms with E-state index in [1.54, 1.807) is 12.4 Å². The summed E-state index contributed by atoms with van der Waals surface area (Å²) in [6.07, 6.45) is 4.84. The fraction of sp³-hybridized carbons (Fsp3) is 0.600. The van der Waals surface area contributed by atoms with Crippen molar-refractivity contribution >= 4 is 11.6 Å². The first-order valence-electron chi connectivity index (χ1n) is 5.11. The monoisotopic (exact) mass is 227 g/mol. The van der Waals surface area contributed by atoms with Gasteiger partial charge in [0.1, 0.15) is 5.15 Å². The molecule has 2 rings (SSSR count). The number of rotatable bonds is 2. The summed E-state index contributed by atoms with van der Waals surface area (Å²) in [4.78, 5) is 10.4. The Morgan fingerprint density at radius 2 is 2.07 bits per heavy atom. The summed E-state index contributed by atoms with van der Waals surface area (Å²) in [7, 11) is 0. The summed E-state index contributed by atoms with van der Waals surface area (Å²) < 4.78 is 0. The molecule has 0 saturated carbocycles. The molecular formula is C10H14ClN3O. The molecular weight excluding hydrogens is 214 g/mol. The molecule has 82 valence electrons. The maximum atomic E-state index is 9.36. The zero-order valence-electron chi connectivity index (χ0n) is 8.43. The second kappa shape index (κ2) is 4.88. The molecule has 4 nitrogen and oxygen atoms in total. The van der Waals surface area contributed by atoms with Crippen LogP contribution in [0.4, 0.5) is 0 Å². The van der Waals surface area contributed by atoms with Crippen LogP contribution in [0.1, 0.15) is 18.5 Å². The Hall–Kier alpha value is -0.710. The van der Waals surface area contributed by atoms with Crippen molar-refractivity contribution in [3.63, 3.8) is 0 Å². The summed E-state index contributed by atoms with van der Waals surface area (Å²) in [5.74, 6) is 0. The van der Waals surface area contributed by atoms with Gasteiger partial charge >= 0.3 is 0 Å². The number of halogens is 1. The van der Waals surface area contributed by atoms with Gasteiger partial charge in [-0.25, -0.2) is 4.98 Å². The van der Waals surface area contributed by atoms with E-state index < -0.39 is 0 Å². The van der Waals surface area contributed by atoms with Gasteiger partial charge in [-0.1, -0.05) is 11.6 Å². The summed E-state index contributed by atoms with van der Waals surface area (Å²) in [6, 6.07) is 0. The van der Waals surface area contributed by atoms with E-state index >= 15 is 0 Å². The standard InChI is InChI=1S/C10H14ClN3O/c11-10-6-12-8(5-13-10)7-14-3-1-9(15)2-4-14/h5-6,9,15H,1-4,7H2. The highest BCUT2D eigenvalue weighted by atomic mass is 35.5. The molecule has 0 radical (unpaired) electrons. The van der Waals surface area contributed by atoms with Crippen LogP contribution in [0.25, 0.3) is 0 Å². The van der Waals surface area contributed by atoms with Crippen LogP contribution in [0.5, 0.6) is 0 Å². The van der Waals surface area contributed by atoms with Crippen LogP contribution in [0.2, 0.25) is 5.15 Å². The topological polar surface area (TPSA) is 49.2 Å². The predicted molar refractivity (Wildman–Crippen MR) is 57.6 cm³/mol. The number of hydrogen-bond acceptors (Lipinski definition) is 4. The SMILES string of the molecule is OC1CCN(Cc2cnc(Cl)cn2)CC1. The maximum absolute atomic E-state index is 9.36. The Labute approximate surface area is 93.9 Å². The zero-order chi connectivity index (χ0) is 10.7. The van der Waals surface area contributed by atoms with Gasteiger partial charge in [0, 0.05) is 19.6 Å². The molecule has 0 unspecified atom stereocenters. The number of likely N-dealkylation sites (tertiary alicyclic amines) is 1. The fourth-order valence-electron chi connectivity index (χ4n) is 1.73. The Bertz CT molecular complexity index is 309. The van der Waals surface area contributed by atoms with Crippen LogP contribution >= 0.6 is 11.6 Å². The van der Waals surface area contributed by atoms with Gasteiger partial charge in [0.2, 0.25) is 0 Å². The molecule has 2 heterocycles. The van der Waals surface area contributed by atoms with E-state index in [4.69, 9.17) is 11.6 Å². The number of aromatic nitrogens is 2. The highest BCUT2D eigenvalue weighted by Gasteiger charge is 2.17. The highest BCUT2D eigenvalue weighted by molar-refractivity contribution is 6.29. The molecule has 0 aromatic carbocycles. The first kappa shape index (κ1) is 10.8. The molecule has 1 fully saturated rings. The maximum Gasteiger partial charge on any atom is 0.147 e. The first-order chi connectivity index (χ1) is 7.24. The van der Waals surface area contributed by atoms with Gasteiger partial charge in [0.25, 0.3) is 0 Å². The van der Waals surface area contributed by atoms with Gasteiger partial charge in [-0.05, 0) is 12.8 Å². The third kappa shape index (κ3) is 3.12. The Morgan fingerprint density at radius 3 is 2.67 bits per heavy atom. The van der Waals surface area contributed by atoms with Crippen molar-refractivity contribution < 1.29 is 5.11 Å². The van der Waals surface area contributed by atoms with E-state index in [1.165, 1.54) is 0 Å². The van der Waals surface area contributed by atoms with Crippen molar-refractivity contribution in [3.8, 4) is 0 Å².